The van der Waals surface area contributed by atoms with E-state index in [1.54, 1.807) is 6.20 Å². The molecule has 1 saturated heterocycles. The smallest absolute Gasteiger partial charge is 0.253 e. The van der Waals surface area contributed by atoms with Crippen molar-refractivity contribution in [3.63, 3.8) is 0 Å². The summed E-state index contributed by atoms with van der Waals surface area (Å²) in [6.07, 6.45) is 9.90. The summed E-state index contributed by atoms with van der Waals surface area (Å²) in [5, 5.41) is 6.84. The first kappa shape index (κ1) is 24.1. The van der Waals surface area contributed by atoms with E-state index in [1.165, 1.54) is 12.0 Å². The summed E-state index contributed by atoms with van der Waals surface area (Å²) >= 11 is 0. The fourth-order valence-electron chi connectivity index (χ4n) is 5.33. The number of fused-ring (bicyclic) bond motifs is 3. The molecule has 36 heavy (non-hydrogen) atoms. The summed E-state index contributed by atoms with van der Waals surface area (Å²) in [6.45, 7) is 2.22. The van der Waals surface area contributed by atoms with Gasteiger partial charge in [0.1, 0.15) is 12.4 Å². The van der Waals surface area contributed by atoms with Crippen LogP contribution in [0.4, 0.5) is 0 Å². The summed E-state index contributed by atoms with van der Waals surface area (Å²) in [5.41, 5.74) is 3.72. The summed E-state index contributed by atoms with van der Waals surface area (Å²) in [5.74, 6) is 0.993. The Balaban J connectivity index is 1.35. The molecular formula is C29H34N4O3. The van der Waals surface area contributed by atoms with Gasteiger partial charge in [-0.05, 0) is 73.9 Å². The van der Waals surface area contributed by atoms with Gasteiger partial charge in [0.05, 0.1) is 12.7 Å². The van der Waals surface area contributed by atoms with E-state index in [0.717, 1.165) is 49.1 Å². The molecule has 1 unspecified atom stereocenters. The molecule has 7 heteroatoms. The van der Waals surface area contributed by atoms with E-state index in [0.29, 0.717) is 44.1 Å². The molecule has 3 heterocycles. The zero-order chi connectivity index (χ0) is 24.7. The van der Waals surface area contributed by atoms with Gasteiger partial charge in [-0.2, -0.15) is 5.10 Å². The molecule has 0 aliphatic carbocycles. The van der Waals surface area contributed by atoms with Gasteiger partial charge in [0, 0.05) is 42.9 Å². The number of hydrogen-bond acceptors (Lipinski definition) is 4. The van der Waals surface area contributed by atoms with Crippen molar-refractivity contribution in [3.8, 4) is 16.9 Å². The molecule has 188 valence electrons. The van der Waals surface area contributed by atoms with E-state index >= 15 is 0 Å². The standard InChI is InChI=1S/C29H34N4O3/c34-28-11-5-14-32(29(35)24-8-4-7-23(19-24)25-20-30-31-21-25)16-17-36-27-10-3-6-22(18-27)12-13-26-9-1-2-15-33(26)28/h3-4,6-8,10,18-21,26H,1-2,5,9,11-17H2,(H,30,31). The van der Waals surface area contributed by atoms with E-state index in [9.17, 15) is 9.59 Å². The second kappa shape index (κ2) is 11.4. The van der Waals surface area contributed by atoms with Crippen LogP contribution in [0.5, 0.6) is 5.75 Å². The highest BCUT2D eigenvalue weighted by atomic mass is 16.5. The third-order valence-corrected chi connectivity index (χ3v) is 7.29. The van der Waals surface area contributed by atoms with Gasteiger partial charge in [0.25, 0.3) is 5.91 Å². The predicted molar refractivity (Wildman–Crippen MR) is 139 cm³/mol. The van der Waals surface area contributed by atoms with Crippen molar-refractivity contribution in [2.75, 3.05) is 26.2 Å². The van der Waals surface area contributed by atoms with Crippen molar-refractivity contribution < 1.29 is 14.3 Å². The van der Waals surface area contributed by atoms with Gasteiger partial charge in [0.15, 0.2) is 0 Å². The number of carbonyl (C=O) groups is 2. The number of carbonyl (C=O) groups excluding carboxylic acids is 2. The number of rotatable bonds is 2. The molecule has 5 rings (SSSR count). The van der Waals surface area contributed by atoms with E-state index in [2.05, 4.69) is 27.2 Å². The SMILES string of the molecule is O=C(c1cccc(-c2cn[nH]c2)c1)N1CCCC(=O)N2CCCCC2CCc2cccc(c2)OCC1. The van der Waals surface area contributed by atoms with Gasteiger partial charge in [-0.3, -0.25) is 14.7 Å². The number of H-pyrrole nitrogens is 1. The van der Waals surface area contributed by atoms with Crippen molar-refractivity contribution in [1.29, 1.82) is 0 Å². The number of amides is 2. The Labute approximate surface area is 212 Å². The highest BCUT2D eigenvalue weighted by Crippen LogP contribution is 2.25. The summed E-state index contributed by atoms with van der Waals surface area (Å²) in [6, 6.07) is 16.1. The zero-order valence-electron chi connectivity index (χ0n) is 20.7. The Morgan fingerprint density at radius 3 is 2.75 bits per heavy atom. The largest absolute Gasteiger partial charge is 0.492 e. The topological polar surface area (TPSA) is 78.5 Å². The minimum Gasteiger partial charge on any atom is -0.492 e. The Kier molecular flexibility index (Phi) is 7.64. The second-order valence-electron chi connectivity index (χ2n) is 9.73. The number of nitrogens with zero attached hydrogens (tertiary/aromatic N) is 3. The normalized spacial score (nSPS) is 19.6. The first-order chi connectivity index (χ1) is 17.7. The van der Waals surface area contributed by atoms with Gasteiger partial charge in [-0.1, -0.05) is 24.3 Å². The quantitative estimate of drug-likeness (QED) is 0.569. The molecule has 1 N–H and O–H groups in total. The van der Waals surface area contributed by atoms with Gasteiger partial charge >= 0.3 is 0 Å². The van der Waals surface area contributed by atoms with Crippen LogP contribution in [0.3, 0.4) is 0 Å². The zero-order valence-corrected chi connectivity index (χ0v) is 20.7. The maximum atomic E-state index is 13.6. The number of aryl methyl sites for hydroxylation is 1. The highest BCUT2D eigenvalue weighted by molar-refractivity contribution is 5.95. The molecule has 3 aromatic rings. The average Bonchev–Trinajstić information content (AvgIpc) is 3.46. The van der Waals surface area contributed by atoms with Gasteiger partial charge in [0.2, 0.25) is 5.91 Å². The van der Waals surface area contributed by atoms with Crippen molar-refractivity contribution in [1.82, 2.24) is 20.0 Å². The first-order valence-corrected chi connectivity index (χ1v) is 13.1. The molecule has 0 spiro atoms. The van der Waals surface area contributed by atoms with Crippen LogP contribution in [-0.4, -0.2) is 64.1 Å². The maximum Gasteiger partial charge on any atom is 0.253 e. The Morgan fingerprint density at radius 1 is 0.944 bits per heavy atom. The molecule has 1 aromatic heterocycles. The molecule has 2 aromatic carbocycles. The van der Waals surface area contributed by atoms with Crippen molar-refractivity contribution in [2.45, 2.75) is 51.0 Å². The summed E-state index contributed by atoms with van der Waals surface area (Å²) < 4.78 is 6.07. The minimum absolute atomic E-state index is 0.0506. The highest BCUT2D eigenvalue weighted by Gasteiger charge is 2.27. The molecule has 7 nitrogen and oxygen atoms in total. The number of hydrogen-bond donors (Lipinski definition) is 1. The van der Waals surface area contributed by atoms with Crippen molar-refractivity contribution >= 4 is 11.8 Å². The number of aromatic amines is 1. The fourth-order valence-corrected chi connectivity index (χ4v) is 5.33. The maximum absolute atomic E-state index is 13.6. The van der Waals surface area contributed by atoms with Crippen LogP contribution in [0.1, 0.15) is 54.4 Å². The van der Waals surface area contributed by atoms with E-state index in [-0.39, 0.29) is 11.8 Å². The lowest BCUT2D eigenvalue weighted by molar-refractivity contribution is -0.135. The number of ether oxygens (including phenoxy) is 1. The Morgan fingerprint density at radius 2 is 1.86 bits per heavy atom. The van der Waals surface area contributed by atoms with Crippen LogP contribution in [0, 0.1) is 0 Å². The molecule has 2 aliphatic rings. The summed E-state index contributed by atoms with van der Waals surface area (Å²) in [4.78, 5) is 30.6. The lowest BCUT2D eigenvalue weighted by Crippen LogP contribution is -2.44. The third kappa shape index (κ3) is 5.78. The third-order valence-electron chi connectivity index (χ3n) is 7.29. The lowest BCUT2D eigenvalue weighted by Gasteiger charge is -2.36. The number of aromatic nitrogens is 2. The second-order valence-corrected chi connectivity index (χ2v) is 9.73. The van der Waals surface area contributed by atoms with Crippen LogP contribution in [-0.2, 0) is 11.2 Å². The molecule has 0 saturated carbocycles. The predicted octanol–water partition coefficient (Wildman–Crippen LogP) is 4.71. The molecule has 2 aliphatic heterocycles. The molecule has 2 bridgehead atoms. The van der Waals surface area contributed by atoms with E-state index in [1.807, 2.05) is 47.5 Å². The first-order valence-electron chi connectivity index (χ1n) is 13.1. The molecule has 0 radical (unpaired) electrons. The van der Waals surface area contributed by atoms with Crippen LogP contribution >= 0.6 is 0 Å². The van der Waals surface area contributed by atoms with Crippen LogP contribution in [0.15, 0.2) is 60.9 Å². The van der Waals surface area contributed by atoms with E-state index < -0.39 is 0 Å². The van der Waals surface area contributed by atoms with Crippen LogP contribution in [0.2, 0.25) is 0 Å². The molecular weight excluding hydrogens is 452 g/mol. The molecule has 2 amide bonds. The van der Waals surface area contributed by atoms with Gasteiger partial charge in [-0.25, -0.2) is 0 Å². The van der Waals surface area contributed by atoms with Gasteiger partial charge in [-0.15, -0.1) is 0 Å². The Bertz CT molecular complexity index is 1180. The van der Waals surface area contributed by atoms with Crippen LogP contribution in [0.25, 0.3) is 11.1 Å². The lowest BCUT2D eigenvalue weighted by atomic mass is 9.95. The van der Waals surface area contributed by atoms with Crippen molar-refractivity contribution in [2.24, 2.45) is 0 Å². The summed E-state index contributed by atoms with van der Waals surface area (Å²) in [7, 11) is 0. The van der Waals surface area contributed by atoms with E-state index in [4.69, 9.17) is 4.74 Å². The minimum atomic E-state index is -0.0506. The fraction of sp³-hybridized carbons (Fsp3) is 0.414. The Hall–Kier alpha value is -3.61. The average molecular weight is 487 g/mol. The number of piperidine rings is 1. The number of benzene rings is 2. The van der Waals surface area contributed by atoms with Gasteiger partial charge < -0.3 is 14.5 Å². The van der Waals surface area contributed by atoms with Crippen LogP contribution < -0.4 is 4.74 Å². The number of nitrogens with one attached hydrogen (secondary N) is 1. The molecule has 1 fully saturated rings. The van der Waals surface area contributed by atoms with Crippen molar-refractivity contribution in [3.05, 3.63) is 72.1 Å². The monoisotopic (exact) mass is 486 g/mol. The molecule has 1 atom stereocenters.